The first-order valence-electron chi connectivity index (χ1n) is 6.53. The van der Waals surface area contributed by atoms with Crippen molar-refractivity contribution in [3.05, 3.63) is 23.3 Å². The first-order valence-corrected chi connectivity index (χ1v) is 6.53. The van der Waals surface area contributed by atoms with Crippen LogP contribution in [0.1, 0.15) is 41.1 Å². The molecule has 1 aromatic rings. The van der Waals surface area contributed by atoms with Crippen molar-refractivity contribution >= 4 is 12.3 Å². The number of rotatable bonds is 7. The number of aldehydes is 1. The number of carboxylic acids is 1. The lowest BCUT2D eigenvalue weighted by Crippen LogP contribution is -2.11. The Balaban J connectivity index is 2.50. The van der Waals surface area contributed by atoms with Crippen LogP contribution in [0.25, 0.3) is 0 Å². The Labute approximate surface area is 117 Å². The Kier molecular flexibility index (Phi) is 4.27. The molecule has 5 heteroatoms. The molecule has 0 spiro atoms. The van der Waals surface area contributed by atoms with E-state index in [9.17, 15) is 9.59 Å². The molecule has 0 amide bonds. The third-order valence-electron chi connectivity index (χ3n) is 3.65. The number of carboxylic acid groups (broad SMARTS) is 1. The topological polar surface area (TPSA) is 72.8 Å². The predicted octanol–water partition coefficient (Wildman–Crippen LogP) is 2.48. The second kappa shape index (κ2) is 5.94. The van der Waals surface area contributed by atoms with Gasteiger partial charge in [-0.25, -0.2) is 0 Å². The molecule has 1 aromatic carbocycles. The van der Waals surface area contributed by atoms with Crippen LogP contribution in [0.5, 0.6) is 11.5 Å². The number of hydrogen-bond donors (Lipinski definition) is 1. The summed E-state index contributed by atoms with van der Waals surface area (Å²) in [4.78, 5) is 22.1. The van der Waals surface area contributed by atoms with Gasteiger partial charge in [0.2, 0.25) is 0 Å². The molecule has 20 heavy (non-hydrogen) atoms. The maximum atomic E-state index is 11.1. The highest BCUT2D eigenvalue weighted by Gasteiger charge is 2.36. The summed E-state index contributed by atoms with van der Waals surface area (Å²) >= 11 is 0. The number of hydrogen-bond acceptors (Lipinski definition) is 4. The van der Waals surface area contributed by atoms with Gasteiger partial charge in [-0.2, -0.15) is 0 Å². The van der Waals surface area contributed by atoms with E-state index in [1.165, 1.54) is 14.2 Å². The van der Waals surface area contributed by atoms with Gasteiger partial charge in [0.25, 0.3) is 0 Å². The summed E-state index contributed by atoms with van der Waals surface area (Å²) in [6.07, 6.45) is 2.78. The largest absolute Gasteiger partial charge is 0.493 e. The van der Waals surface area contributed by atoms with Gasteiger partial charge in [-0.3, -0.25) is 9.59 Å². The van der Waals surface area contributed by atoms with E-state index >= 15 is 0 Å². The number of benzene rings is 1. The molecule has 0 aromatic heterocycles. The first-order chi connectivity index (χ1) is 9.60. The van der Waals surface area contributed by atoms with Crippen molar-refractivity contribution in [3.63, 3.8) is 0 Å². The van der Waals surface area contributed by atoms with Crippen molar-refractivity contribution < 1.29 is 24.2 Å². The van der Waals surface area contributed by atoms with Crippen LogP contribution >= 0.6 is 0 Å². The zero-order chi connectivity index (χ0) is 14.7. The van der Waals surface area contributed by atoms with Crippen LogP contribution in [0.3, 0.4) is 0 Å². The normalized spacial score (nSPS) is 15.5. The lowest BCUT2D eigenvalue weighted by Gasteiger charge is -2.20. The molecular weight excluding hydrogens is 260 g/mol. The Morgan fingerprint density at radius 2 is 2.10 bits per heavy atom. The molecule has 0 heterocycles. The third-order valence-corrected chi connectivity index (χ3v) is 3.65. The molecule has 2 rings (SSSR count). The van der Waals surface area contributed by atoms with Crippen molar-refractivity contribution in [2.45, 2.75) is 25.2 Å². The van der Waals surface area contributed by atoms with Crippen molar-refractivity contribution in [3.8, 4) is 11.5 Å². The van der Waals surface area contributed by atoms with Crippen molar-refractivity contribution in [1.29, 1.82) is 0 Å². The second-order valence-electron chi connectivity index (χ2n) is 5.01. The quantitative estimate of drug-likeness (QED) is 0.776. The maximum absolute atomic E-state index is 11.1. The van der Waals surface area contributed by atoms with Crippen molar-refractivity contribution in [2.75, 3.05) is 14.2 Å². The van der Waals surface area contributed by atoms with E-state index < -0.39 is 5.97 Å². The van der Waals surface area contributed by atoms with E-state index in [1.807, 2.05) is 0 Å². The van der Waals surface area contributed by atoms with Gasteiger partial charge < -0.3 is 14.6 Å². The minimum Gasteiger partial charge on any atom is -0.493 e. The van der Waals surface area contributed by atoms with E-state index in [4.69, 9.17) is 14.6 Å². The zero-order valence-corrected chi connectivity index (χ0v) is 11.6. The average Bonchev–Trinajstić information content (AvgIpc) is 3.27. The summed E-state index contributed by atoms with van der Waals surface area (Å²) < 4.78 is 10.6. The van der Waals surface area contributed by atoms with Gasteiger partial charge in [0, 0.05) is 17.0 Å². The van der Waals surface area contributed by atoms with Gasteiger partial charge in [0.05, 0.1) is 20.6 Å². The standard InChI is InChI=1S/C15H18O5/c1-19-13-6-9(8-16)5-12(15(13)20-2)11(7-14(17)18)10-3-4-10/h5-6,8,10-11H,3-4,7H2,1-2H3,(H,17,18). The maximum Gasteiger partial charge on any atom is 0.303 e. The Bertz CT molecular complexity index is 519. The van der Waals surface area contributed by atoms with Crippen LogP contribution in [0.4, 0.5) is 0 Å². The Morgan fingerprint density at radius 1 is 1.40 bits per heavy atom. The molecular formula is C15H18O5. The van der Waals surface area contributed by atoms with E-state index in [0.717, 1.165) is 24.7 Å². The molecule has 1 saturated carbocycles. The highest BCUT2D eigenvalue weighted by atomic mass is 16.5. The molecule has 1 aliphatic rings. The van der Waals surface area contributed by atoms with Gasteiger partial charge in [-0.1, -0.05) is 0 Å². The SMILES string of the molecule is COc1cc(C=O)cc(C(CC(=O)O)C2CC2)c1OC. The van der Waals surface area contributed by atoms with Crippen LogP contribution < -0.4 is 9.47 Å². The van der Waals surface area contributed by atoms with Crippen LogP contribution in [0.2, 0.25) is 0 Å². The smallest absolute Gasteiger partial charge is 0.303 e. The van der Waals surface area contributed by atoms with Gasteiger partial charge >= 0.3 is 5.97 Å². The molecule has 1 atom stereocenters. The number of carbonyl (C=O) groups excluding carboxylic acids is 1. The summed E-state index contributed by atoms with van der Waals surface area (Å²) in [5, 5.41) is 9.10. The fraction of sp³-hybridized carbons (Fsp3) is 0.467. The minimum atomic E-state index is -0.848. The second-order valence-corrected chi connectivity index (χ2v) is 5.01. The zero-order valence-electron chi connectivity index (χ0n) is 11.6. The first kappa shape index (κ1) is 14.4. The molecule has 0 aliphatic heterocycles. The summed E-state index contributed by atoms with van der Waals surface area (Å²) in [6, 6.07) is 3.31. The molecule has 0 radical (unpaired) electrons. The van der Waals surface area contributed by atoms with Crippen LogP contribution in [0, 0.1) is 5.92 Å². The number of ether oxygens (including phenoxy) is 2. The van der Waals surface area contributed by atoms with E-state index in [-0.39, 0.29) is 12.3 Å². The summed E-state index contributed by atoms with van der Waals surface area (Å²) in [7, 11) is 3.02. The third kappa shape index (κ3) is 2.92. The van der Waals surface area contributed by atoms with Gasteiger partial charge in [-0.15, -0.1) is 0 Å². The van der Waals surface area contributed by atoms with Crippen molar-refractivity contribution in [2.24, 2.45) is 5.92 Å². The van der Waals surface area contributed by atoms with Gasteiger partial charge in [0.1, 0.15) is 6.29 Å². The number of carbonyl (C=O) groups is 2. The van der Waals surface area contributed by atoms with E-state index in [0.29, 0.717) is 23.0 Å². The molecule has 5 nitrogen and oxygen atoms in total. The predicted molar refractivity (Wildman–Crippen MR) is 72.7 cm³/mol. The Morgan fingerprint density at radius 3 is 2.55 bits per heavy atom. The number of aliphatic carboxylic acids is 1. The van der Waals surface area contributed by atoms with Crippen LogP contribution in [-0.4, -0.2) is 31.6 Å². The molecule has 108 valence electrons. The average molecular weight is 278 g/mol. The summed E-state index contributed by atoms with van der Waals surface area (Å²) in [6.45, 7) is 0. The molecule has 1 aliphatic carbocycles. The fourth-order valence-electron chi connectivity index (χ4n) is 2.58. The highest BCUT2D eigenvalue weighted by molar-refractivity contribution is 5.78. The minimum absolute atomic E-state index is 0.0342. The highest BCUT2D eigenvalue weighted by Crippen LogP contribution is 2.49. The van der Waals surface area contributed by atoms with Crippen LogP contribution in [-0.2, 0) is 4.79 Å². The number of methoxy groups -OCH3 is 2. The Hall–Kier alpha value is -2.04. The molecule has 1 unspecified atom stereocenters. The summed E-state index contributed by atoms with van der Waals surface area (Å²) in [5.74, 6) is 0.335. The van der Waals surface area contributed by atoms with Crippen molar-refractivity contribution in [1.82, 2.24) is 0 Å². The molecule has 1 N–H and O–H groups in total. The molecule has 1 fully saturated rings. The monoisotopic (exact) mass is 278 g/mol. The van der Waals surface area contributed by atoms with E-state index in [2.05, 4.69) is 0 Å². The van der Waals surface area contributed by atoms with Gasteiger partial charge in [0.15, 0.2) is 11.5 Å². The van der Waals surface area contributed by atoms with E-state index in [1.54, 1.807) is 12.1 Å². The fourth-order valence-corrected chi connectivity index (χ4v) is 2.58. The van der Waals surface area contributed by atoms with Crippen LogP contribution in [0.15, 0.2) is 12.1 Å². The van der Waals surface area contributed by atoms with Gasteiger partial charge in [-0.05, 0) is 30.9 Å². The molecule has 0 bridgehead atoms. The summed E-state index contributed by atoms with van der Waals surface area (Å²) in [5.41, 5.74) is 1.22. The lowest BCUT2D eigenvalue weighted by atomic mass is 9.89. The lowest BCUT2D eigenvalue weighted by molar-refractivity contribution is -0.137. The molecule has 0 saturated heterocycles.